The Kier molecular flexibility index (Phi) is 3.37. The first-order chi connectivity index (χ1) is 9.09. The zero-order valence-electron chi connectivity index (χ0n) is 9.61. The molecule has 7 nitrogen and oxygen atoms in total. The van der Waals surface area contributed by atoms with Gasteiger partial charge < -0.3 is 10.4 Å². The van der Waals surface area contributed by atoms with Crippen LogP contribution in [0.1, 0.15) is 10.4 Å². The molecule has 7 heteroatoms. The first-order valence-electron chi connectivity index (χ1n) is 5.27. The number of nitro groups is 1. The molecule has 0 atom stereocenters. The van der Waals surface area contributed by atoms with E-state index in [1.165, 1.54) is 24.5 Å². The molecule has 1 amide bonds. The molecule has 0 radical (unpaired) electrons. The molecule has 19 heavy (non-hydrogen) atoms. The Morgan fingerprint density at radius 3 is 2.58 bits per heavy atom. The third-order valence-corrected chi connectivity index (χ3v) is 2.39. The predicted molar refractivity (Wildman–Crippen MR) is 67.0 cm³/mol. The van der Waals surface area contributed by atoms with E-state index in [0.29, 0.717) is 5.69 Å². The van der Waals surface area contributed by atoms with Crippen molar-refractivity contribution in [3.05, 3.63) is 58.4 Å². The summed E-state index contributed by atoms with van der Waals surface area (Å²) >= 11 is 0. The highest BCUT2D eigenvalue weighted by atomic mass is 16.6. The van der Waals surface area contributed by atoms with Crippen molar-refractivity contribution in [2.24, 2.45) is 0 Å². The van der Waals surface area contributed by atoms with Crippen molar-refractivity contribution < 1.29 is 14.8 Å². The molecule has 1 aromatic carbocycles. The molecule has 2 rings (SSSR count). The van der Waals surface area contributed by atoms with Gasteiger partial charge in [-0.05, 0) is 18.2 Å². The lowest BCUT2D eigenvalue weighted by Crippen LogP contribution is -2.12. The lowest BCUT2D eigenvalue weighted by atomic mass is 10.1. The molecule has 0 saturated carbocycles. The van der Waals surface area contributed by atoms with E-state index in [1.807, 2.05) is 0 Å². The Labute approximate surface area is 107 Å². The number of aromatic nitrogens is 1. The van der Waals surface area contributed by atoms with Crippen LogP contribution < -0.4 is 5.32 Å². The molecule has 0 aliphatic heterocycles. The maximum atomic E-state index is 11.9. The van der Waals surface area contributed by atoms with Gasteiger partial charge >= 0.3 is 5.69 Å². The highest BCUT2D eigenvalue weighted by Crippen LogP contribution is 2.29. The van der Waals surface area contributed by atoms with Crippen LogP contribution in [0.3, 0.4) is 0 Å². The summed E-state index contributed by atoms with van der Waals surface area (Å²) in [5, 5.41) is 22.9. The van der Waals surface area contributed by atoms with Gasteiger partial charge in [-0.2, -0.15) is 0 Å². The average molecular weight is 259 g/mol. The summed E-state index contributed by atoms with van der Waals surface area (Å²) in [6, 6.07) is 6.88. The van der Waals surface area contributed by atoms with Gasteiger partial charge in [0.15, 0.2) is 0 Å². The number of pyridine rings is 1. The number of amides is 1. The third-order valence-electron chi connectivity index (χ3n) is 2.39. The normalized spacial score (nSPS) is 9.89. The quantitative estimate of drug-likeness (QED) is 0.647. The van der Waals surface area contributed by atoms with E-state index in [9.17, 15) is 20.0 Å². The zero-order valence-corrected chi connectivity index (χ0v) is 9.61. The Hall–Kier alpha value is -2.96. The minimum atomic E-state index is -0.751. The summed E-state index contributed by atoms with van der Waals surface area (Å²) in [5.41, 5.74) is -0.195. The number of phenols is 1. The molecule has 0 aliphatic rings. The number of hydrogen-bond acceptors (Lipinski definition) is 5. The number of nitrogens with one attached hydrogen (secondary N) is 1. The summed E-state index contributed by atoms with van der Waals surface area (Å²) in [6.07, 6.45) is 2.98. The van der Waals surface area contributed by atoms with Crippen molar-refractivity contribution in [1.29, 1.82) is 0 Å². The Balaban J connectivity index is 2.30. The topological polar surface area (TPSA) is 105 Å². The van der Waals surface area contributed by atoms with Gasteiger partial charge in [0.1, 0.15) is 0 Å². The van der Waals surface area contributed by atoms with E-state index >= 15 is 0 Å². The lowest BCUT2D eigenvalue weighted by Gasteiger charge is -2.06. The van der Waals surface area contributed by atoms with Gasteiger partial charge in [-0.3, -0.25) is 19.9 Å². The van der Waals surface area contributed by atoms with E-state index in [1.54, 1.807) is 12.1 Å². The molecule has 0 unspecified atom stereocenters. The molecule has 0 fully saturated rings. The van der Waals surface area contributed by atoms with Crippen LogP contribution in [0.15, 0.2) is 42.7 Å². The summed E-state index contributed by atoms with van der Waals surface area (Å²) < 4.78 is 0. The molecule has 0 aliphatic carbocycles. The highest BCUT2D eigenvalue weighted by molar-refractivity contribution is 6.06. The van der Waals surface area contributed by atoms with Crippen LogP contribution in [0.2, 0.25) is 0 Å². The first kappa shape index (κ1) is 12.5. The van der Waals surface area contributed by atoms with Gasteiger partial charge in [-0.25, -0.2) is 0 Å². The van der Waals surface area contributed by atoms with Gasteiger partial charge in [0.25, 0.3) is 5.91 Å². The maximum Gasteiger partial charge on any atom is 0.311 e. The molecule has 0 spiro atoms. The fraction of sp³-hybridized carbons (Fsp3) is 0. The molecule has 0 bridgehead atoms. The van der Waals surface area contributed by atoms with E-state index < -0.39 is 22.3 Å². The van der Waals surface area contributed by atoms with Crippen molar-refractivity contribution in [2.45, 2.75) is 0 Å². The number of anilines is 1. The molecule has 1 aromatic heterocycles. The number of para-hydroxylation sites is 1. The van der Waals surface area contributed by atoms with E-state index in [2.05, 4.69) is 10.3 Å². The van der Waals surface area contributed by atoms with E-state index in [4.69, 9.17) is 0 Å². The van der Waals surface area contributed by atoms with Crippen LogP contribution in [0.5, 0.6) is 5.75 Å². The minimum absolute atomic E-state index is 0.161. The highest BCUT2D eigenvalue weighted by Gasteiger charge is 2.20. The number of rotatable bonds is 3. The Morgan fingerprint density at radius 1 is 1.26 bits per heavy atom. The molecular formula is C12H9N3O4. The molecule has 2 N–H and O–H groups in total. The van der Waals surface area contributed by atoms with Crippen LogP contribution >= 0.6 is 0 Å². The third kappa shape index (κ3) is 2.65. The van der Waals surface area contributed by atoms with E-state index in [0.717, 1.165) is 6.07 Å². The number of hydrogen-bond donors (Lipinski definition) is 2. The lowest BCUT2D eigenvalue weighted by molar-refractivity contribution is -0.385. The van der Waals surface area contributed by atoms with Crippen LogP contribution in [0.4, 0.5) is 11.4 Å². The second-order valence-electron chi connectivity index (χ2n) is 3.62. The van der Waals surface area contributed by atoms with Gasteiger partial charge in [-0.1, -0.05) is 6.07 Å². The smallest absolute Gasteiger partial charge is 0.311 e. The Bertz CT molecular complexity index is 628. The van der Waals surface area contributed by atoms with Crippen LogP contribution in [0, 0.1) is 10.1 Å². The largest absolute Gasteiger partial charge is 0.502 e. The standard InChI is InChI=1S/C12H9N3O4/c16-11-9(2-1-3-10(11)15(18)19)12(17)14-8-4-6-13-7-5-8/h1-7,16H,(H,13,14,17). The molecule has 2 aromatic rings. The first-order valence-corrected chi connectivity index (χ1v) is 5.27. The van der Waals surface area contributed by atoms with Crippen LogP contribution in [0.25, 0.3) is 0 Å². The second kappa shape index (κ2) is 5.13. The monoisotopic (exact) mass is 259 g/mol. The summed E-state index contributed by atoms with van der Waals surface area (Å²) in [4.78, 5) is 25.6. The second-order valence-corrected chi connectivity index (χ2v) is 3.62. The number of carbonyl (C=O) groups excluding carboxylic acids is 1. The fourth-order valence-corrected chi connectivity index (χ4v) is 1.50. The van der Waals surface area contributed by atoms with Crippen molar-refractivity contribution in [3.8, 4) is 5.75 Å². The molecular weight excluding hydrogens is 250 g/mol. The molecule has 96 valence electrons. The van der Waals surface area contributed by atoms with Crippen LogP contribution in [-0.4, -0.2) is 20.9 Å². The van der Waals surface area contributed by atoms with E-state index in [-0.39, 0.29) is 5.56 Å². The molecule has 1 heterocycles. The predicted octanol–water partition coefficient (Wildman–Crippen LogP) is 1.95. The number of carbonyl (C=O) groups is 1. The maximum absolute atomic E-state index is 11.9. The number of nitrogens with zero attached hydrogens (tertiary/aromatic N) is 2. The van der Waals surface area contributed by atoms with Crippen LogP contribution in [-0.2, 0) is 0 Å². The van der Waals surface area contributed by atoms with Gasteiger partial charge in [0.2, 0.25) is 5.75 Å². The summed E-state index contributed by atoms with van der Waals surface area (Å²) in [6.45, 7) is 0. The van der Waals surface area contributed by atoms with Gasteiger partial charge in [-0.15, -0.1) is 0 Å². The molecule has 0 saturated heterocycles. The number of nitro benzene ring substituents is 1. The van der Waals surface area contributed by atoms with Crippen molar-refractivity contribution in [2.75, 3.05) is 5.32 Å². The number of benzene rings is 1. The zero-order chi connectivity index (χ0) is 13.8. The summed E-state index contributed by atoms with van der Waals surface area (Å²) in [5.74, 6) is -1.29. The van der Waals surface area contributed by atoms with Gasteiger partial charge in [0.05, 0.1) is 10.5 Å². The number of aromatic hydroxyl groups is 1. The van der Waals surface area contributed by atoms with Crippen molar-refractivity contribution in [1.82, 2.24) is 4.98 Å². The summed E-state index contributed by atoms with van der Waals surface area (Å²) in [7, 11) is 0. The fourth-order valence-electron chi connectivity index (χ4n) is 1.50. The average Bonchev–Trinajstić information content (AvgIpc) is 2.39. The minimum Gasteiger partial charge on any atom is -0.502 e. The van der Waals surface area contributed by atoms with Gasteiger partial charge in [0, 0.05) is 24.1 Å². The van der Waals surface area contributed by atoms with Crippen molar-refractivity contribution in [3.63, 3.8) is 0 Å². The van der Waals surface area contributed by atoms with Crippen molar-refractivity contribution >= 4 is 17.3 Å². The number of phenolic OH excluding ortho intramolecular Hbond substituents is 1. The SMILES string of the molecule is O=C(Nc1ccncc1)c1cccc([N+](=O)[O-])c1O. The Morgan fingerprint density at radius 2 is 1.95 bits per heavy atom.